The Balaban J connectivity index is 2.75. The molecular weight excluding hydrogens is 293 g/mol. The third-order valence-electron chi connectivity index (χ3n) is 2.56. The molecule has 0 saturated heterocycles. The second-order valence-electron chi connectivity index (χ2n) is 4.42. The summed E-state index contributed by atoms with van der Waals surface area (Å²) >= 11 is 1.06. The second-order valence-corrected chi connectivity index (χ2v) is 5.40. The second kappa shape index (κ2) is 6.29. The van der Waals surface area contributed by atoms with Crippen LogP contribution in [0.25, 0.3) is 0 Å². The lowest BCUT2D eigenvalue weighted by Gasteiger charge is -2.15. The molecule has 0 radical (unpaired) electrons. The van der Waals surface area contributed by atoms with Crippen LogP contribution in [0.2, 0.25) is 0 Å². The highest BCUT2D eigenvalue weighted by molar-refractivity contribution is 7.18. The van der Waals surface area contributed by atoms with Crippen LogP contribution < -0.4 is 16.0 Å². The number of halogens is 3. The van der Waals surface area contributed by atoms with E-state index in [9.17, 15) is 18.0 Å². The van der Waals surface area contributed by atoms with E-state index in [2.05, 4.69) is 10.3 Å². The highest BCUT2D eigenvalue weighted by atomic mass is 32.1. The Kier molecular flexibility index (Phi) is 5.21. The number of hydrogen-bond acceptors (Lipinski definition) is 5. The Labute approximate surface area is 119 Å². The number of thiazole rings is 1. The first-order valence-corrected chi connectivity index (χ1v) is 6.80. The van der Waals surface area contributed by atoms with Crippen LogP contribution in [0.15, 0.2) is 0 Å². The number of rotatable bonds is 5. The number of amides is 1. The topological polar surface area (TPSA) is 71.2 Å². The summed E-state index contributed by atoms with van der Waals surface area (Å²) in [6.45, 7) is 3.88. The standard InChI is InChI=1S/C11H17F3N4OS/c1-4-18(3)10-17-8(15)7(20-10)9(19)16-6(2)5-11(12,13)14/h6H,4-5,15H2,1-3H3,(H,16,19). The van der Waals surface area contributed by atoms with E-state index < -0.39 is 24.5 Å². The molecule has 114 valence electrons. The lowest BCUT2D eigenvalue weighted by atomic mass is 10.2. The van der Waals surface area contributed by atoms with Crippen molar-refractivity contribution >= 4 is 28.2 Å². The predicted molar refractivity (Wildman–Crippen MR) is 73.1 cm³/mol. The van der Waals surface area contributed by atoms with Gasteiger partial charge in [-0.1, -0.05) is 11.3 Å². The Bertz CT molecular complexity index is 475. The van der Waals surface area contributed by atoms with E-state index in [4.69, 9.17) is 5.73 Å². The quantitative estimate of drug-likeness (QED) is 0.875. The fraction of sp³-hybridized carbons (Fsp3) is 0.636. The normalized spacial score (nSPS) is 13.1. The highest BCUT2D eigenvalue weighted by Crippen LogP contribution is 2.28. The maximum Gasteiger partial charge on any atom is 0.391 e. The SMILES string of the molecule is CCN(C)c1nc(N)c(C(=O)NC(C)CC(F)(F)F)s1. The predicted octanol–water partition coefficient (Wildman–Crippen LogP) is 2.25. The number of hydrogen-bond donors (Lipinski definition) is 2. The maximum atomic E-state index is 12.2. The molecule has 0 saturated carbocycles. The molecule has 20 heavy (non-hydrogen) atoms. The van der Waals surface area contributed by atoms with Gasteiger partial charge in [0.2, 0.25) is 0 Å². The zero-order chi connectivity index (χ0) is 15.5. The number of nitrogens with one attached hydrogen (secondary N) is 1. The molecular formula is C11H17F3N4OS. The van der Waals surface area contributed by atoms with E-state index >= 15 is 0 Å². The number of alkyl halides is 3. The molecule has 0 bridgehead atoms. The minimum Gasteiger partial charge on any atom is -0.382 e. The lowest BCUT2D eigenvalue weighted by Crippen LogP contribution is -2.35. The lowest BCUT2D eigenvalue weighted by molar-refractivity contribution is -0.138. The van der Waals surface area contributed by atoms with Crippen LogP contribution in [0.4, 0.5) is 24.1 Å². The van der Waals surface area contributed by atoms with Crippen molar-refractivity contribution in [3.8, 4) is 0 Å². The smallest absolute Gasteiger partial charge is 0.382 e. The van der Waals surface area contributed by atoms with Gasteiger partial charge in [-0.2, -0.15) is 13.2 Å². The van der Waals surface area contributed by atoms with Crippen LogP contribution in [0.3, 0.4) is 0 Å². The summed E-state index contributed by atoms with van der Waals surface area (Å²) in [6, 6.07) is -1.02. The molecule has 0 aliphatic carbocycles. The number of carbonyl (C=O) groups is 1. The number of anilines is 2. The monoisotopic (exact) mass is 310 g/mol. The first-order valence-electron chi connectivity index (χ1n) is 5.99. The molecule has 3 N–H and O–H groups in total. The minimum atomic E-state index is -4.32. The van der Waals surface area contributed by atoms with Crippen LogP contribution in [0.1, 0.15) is 29.9 Å². The van der Waals surface area contributed by atoms with Crippen molar-refractivity contribution in [3.63, 3.8) is 0 Å². The van der Waals surface area contributed by atoms with Crippen molar-refractivity contribution < 1.29 is 18.0 Å². The van der Waals surface area contributed by atoms with E-state index in [1.807, 2.05) is 6.92 Å². The Morgan fingerprint density at radius 2 is 2.15 bits per heavy atom. The van der Waals surface area contributed by atoms with Crippen molar-refractivity contribution in [1.82, 2.24) is 10.3 Å². The van der Waals surface area contributed by atoms with Gasteiger partial charge in [0.25, 0.3) is 5.91 Å². The van der Waals surface area contributed by atoms with Gasteiger partial charge in [-0.05, 0) is 13.8 Å². The molecule has 1 atom stereocenters. The average Bonchev–Trinajstić information content (AvgIpc) is 2.67. The van der Waals surface area contributed by atoms with Gasteiger partial charge in [0, 0.05) is 19.6 Å². The van der Waals surface area contributed by atoms with Crippen molar-refractivity contribution in [1.29, 1.82) is 0 Å². The molecule has 0 fully saturated rings. The molecule has 1 unspecified atom stereocenters. The molecule has 1 amide bonds. The largest absolute Gasteiger partial charge is 0.391 e. The van der Waals surface area contributed by atoms with Crippen molar-refractivity contribution in [2.75, 3.05) is 24.2 Å². The summed E-state index contributed by atoms with van der Waals surface area (Å²) in [7, 11) is 1.78. The fourth-order valence-electron chi connectivity index (χ4n) is 1.47. The number of aromatic nitrogens is 1. The van der Waals surface area contributed by atoms with Crippen molar-refractivity contribution in [2.45, 2.75) is 32.5 Å². The van der Waals surface area contributed by atoms with Gasteiger partial charge in [-0.3, -0.25) is 4.79 Å². The molecule has 0 aliphatic heterocycles. The summed E-state index contributed by atoms with van der Waals surface area (Å²) in [5.74, 6) is -0.602. The van der Waals surface area contributed by atoms with Crippen LogP contribution >= 0.6 is 11.3 Å². The molecule has 1 heterocycles. The average molecular weight is 310 g/mol. The van der Waals surface area contributed by atoms with Crippen molar-refractivity contribution in [3.05, 3.63) is 4.88 Å². The molecule has 0 spiro atoms. The highest BCUT2D eigenvalue weighted by Gasteiger charge is 2.31. The summed E-state index contributed by atoms with van der Waals surface area (Å²) in [5, 5.41) is 2.83. The van der Waals surface area contributed by atoms with Crippen molar-refractivity contribution in [2.24, 2.45) is 0 Å². The molecule has 0 aliphatic rings. The third-order valence-corrected chi connectivity index (χ3v) is 3.75. The van der Waals surface area contributed by atoms with Gasteiger partial charge in [-0.25, -0.2) is 4.98 Å². The number of nitrogens with zero attached hydrogens (tertiary/aromatic N) is 2. The summed E-state index contributed by atoms with van der Waals surface area (Å²) in [6.07, 6.45) is -5.40. The van der Waals surface area contributed by atoms with Gasteiger partial charge in [0.05, 0.1) is 6.42 Å². The van der Waals surface area contributed by atoms with Gasteiger partial charge < -0.3 is 16.0 Å². The number of nitrogens with two attached hydrogens (primary N) is 1. The summed E-state index contributed by atoms with van der Waals surface area (Å²) in [4.78, 5) is 17.8. The van der Waals surface area contributed by atoms with E-state index in [1.165, 1.54) is 6.92 Å². The molecule has 1 rings (SSSR count). The Hall–Kier alpha value is -1.51. The molecule has 9 heteroatoms. The van der Waals surface area contributed by atoms with Crippen LogP contribution in [-0.2, 0) is 0 Å². The van der Waals surface area contributed by atoms with E-state index in [0.717, 1.165) is 11.3 Å². The molecule has 1 aromatic rings. The van der Waals surface area contributed by atoms with Gasteiger partial charge in [0.15, 0.2) is 5.13 Å². The molecule has 5 nitrogen and oxygen atoms in total. The van der Waals surface area contributed by atoms with Gasteiger partial charge in [-0.15, -0.1) is 0 Å². The van der Waals surface area contributed by atoms with Crippen LogP contribution in [0, 0.1) is 0 Å². The Morgan fingerprint density at radius 1 is 1.55 bits per heavy atom. The molecule has 1 aromatic heterocycles. The van der Waals surface area contributed by atoms with E-state index in [0.29, 0.717) is 11.7 Å². The maximum absolute atomic E-state index is 12.2. The fourth-order valence-corrected chi connectivity index (χ4v) is 2.38. The summed E-state index contributed by atoms with van der Waals surface area (Å²) < 4.78 is 36.6. The van der Waals surface area contributed by atoms with E-state index in [1.54, 1.807) is 11.9 Å². The number of carbonyl (C=O) groups excluding carboxylic acids is 1. The number of nitrogen functional groups attached to an aromatic ring is 1. The van der Waals surface area contributed by atoms with Crippen LogP contribution in [0.5, 0.6) is 0 Å². The Morgan fingerprint density at radius 3 is 2.65 bits per heavy atom. The van der Waals surface area contributed by atoms with E-state index in [-0.39, 0.29) is 10.7 Å². The van der Waals surface area contributed by atoms with Crippen LogP contribution in [-0.4, -0.2) is 36.7 Å². The van der Waals surface area contributed by atoms with Gasteiger partial charge in [0.1, 0.15) is 10.7 Å². The summed E-state index contributed by atoms with van der Waals surface area (Å²) in [5.41, 5.74) is 5.63. The zero-order valence-corrected chi connectivity index (χ0v) is 12.2. The third kappa shape index (κ3) is 4.55. The first-order chi connectivity index (χ1) is 9.14. The first kappa shape index (κ1) is 16.5. The minimum absolute atomic E-state index is 0.0296. The molecule has 0 aromatic carbocycles. The zero-order valence-electron chi connectivity index (χ0n) is 11.4. The van der Waals surface area contributed by atoms with Gasteiger partial charge >= 0.3 is 6.18 Å².